The van der Waals surface area contributed by atoms with Crippen LogP contribution in [0.25, 0.3) is 0 Å². The minimum atomic E-state index is -0.864. The Morgan fingerprint density at radius 1 is 1.19 bits per heavy atom. The number of allylic oxidation sites excluding steroid dienone is 1. The topological polar surface area (TPSA) is 142 Å². The number of carbonyl (C=O) groups is 5. The molecule has 0 spiro atoms. The molecule has 1 aliphatic carbocycles. The number of hydrogen-bond donors (Lipinski definition) is 1. The Hall–Kier alpha value is -3.79. The molecular weight excluding hydrogens is 484 g/mol. The maximum atomic E-state index is 12.9. The summed E-state index contributed by atoms with van der Waals surface area (Å²) in [4.78, 5) is 59.2. The highest BCUT2D eigenvalue weighted by molar-refractivity contribution is 5.93. The van der Waals surface area contributed by atoms with Crippen molar-refractivity contribution < 1.29 is 48.0 Å². The van der Waals surface area contributed by atoms with Crippen LogP contribution in [0.5, 0.6) is 0 Å². The molecule has 0 saturated carbocycles. The fourth-order valence-electron chi connectivity index (χ4n) is 3.95. The van der Waals surface area contributed by atoms with Gasteiger partial charge in [0.1, 0.15) is 31.2 Å². The van der Waals surface area contributed by atoms with Crippen LogP contribution in [0.2, 0.25) is 0 Å². The largest absolute Gasteiger partial charge is 0.458 e. The zero-order valence-electron chi connectivity index (χ0n) is 21.4. The van der Waals surface area contributed by atoms with Gasteiger partial charge in [0, 0.05) is 30.9 Å². The van der Waals surface area contributed by atoms with Crippen LogP contribution in [0.15, 0.2) is 58.7 Å². The van der Waals surface area contributed by atoms with Gasteiger partial charge in [0.15, 0.2) is 0 Å². The van der Waals surface area contributed by atoms with E-state index in [4.69, 9.17) is 18.9 Å². The monoisotopic (exact) mass is 516 g/mol. The van der Waals surface area contributed by atoms with Gasteiger partial charge in [0.05, 0.1) is 18.1 Å². The van der Waals surface area contributed by atoms with Crippen molar-refractivity contribution in [3.8, 4) is 0 Å². The summed E-state index contributed by atoms with van der Waals surface area (Å²) < 4.78 is 21.6. The lowest BCUT2D eigenvalue weighted by Crippen LogP contribution is -2.34. The van der Waals surface area contributed by atoms with E-state index in [0.717, 1.165) is 11.6 Å². The molecule has 10 heteroatoms. The third-order valence-electron chi connectivity index (χ3n) is 5.98. The summed E-state index contributed by atoms with van der Waals surface area (Å²) in [6, 6.07) is 0. The van der Waals surface area contributed by atoms with Gasteiger partial charge in [-0.25, -0.2) is 14.4 Å². The third-order valence-corrected chi connectivity index (χ3v) is 5.98. The molecule has 2 aliphatic rings. The van der Waals surface area contributed by atoms with Crippen LogP contribution in [0.1, 0.15) is 40.5 Å². The Morgan fingerprint density at radius 2 is 1.89 bits per heavy atom. The first-order valence-corrected chi connectivity index (χ1v) is 11.7. The quantitative estimate of drug-likeness (QED) is 0.168. The number of carbonyl (C=O) groups excluding carboxylic acids is 5. The van der Waals surface area contributed by atoms with Crippen LogP contribution in [-0.2, 0) is 42.9 Å². The Kier molecular flexibility index (Phi) is 10.7. The highest BCUT2D eigenvalue weighted by Crippen LogP contribution is 2.36. The highest BCUT2D eigenvalue weighted by atomic mass is 16.6. The molecular formula is C27H32O10. The van der Waals surface area contributed by atoms with E-state index in [1.54, 1.807) is 13.0 Å². The lowest BCUT2D eigenvalue weighted by molar-refractivity contribution is -0.148. The summed E-state index contributed by atoms with van der Waals surface area (Å²) in [7, 11) is 0. The number of ether oxygens (including phenoxy) is 4. The number of fused-ring (bicyclic) bond motifs is 1. The second-order valence-corrected chi connectivity index (χ2v) is 8.84. The smallest absolute Gasteiger partial charge is 0.336 e. The second-order valence-electron chi connectivity index (χ2n) is 8.84. The first-order valence-electron chi connectivity index (χ1n) is 11.7. The van der Waals surface area contributed by atoms with Gasteiger partial charge in [-0.2, -0.15) is 0 Å². The van der Waals surface area contributed by atoms with E-state index in [1.165, 1.54) is 19.9 Å². The molecule has 10 nitrogen and oxygen atoms in total. The molecule has 4 atom stereocenters. The van der Waals surface area contributed by atoms with Crippen molar-refractivity contribution in [1.82, 2.24) is 0 Å². The molecule has 0 aromatic carbocycles. The summed E-state index contributed by atoms with van der Waals surface area (Å²) in [5, 5.41) is 9.71. The Bertz CT molecular complexity index is 1070. The number of rotatable bonds is 8. The maximum Gasteiger partial charge on any atom is 0.336 e. The third kappa shape index (κ3) is 8.11. The average Bonchev–Trinajstić information content (AvgIpc) is 3.10. The van der Waals surface area contributed by atoms with Crippen molar-refractivity contribution in [1.29, 1.82) is 0 Å². The van der Waals surface area contributed by atoms with Crippen LogP contribution in [0, 0.1) is 5.92 Å². The molecule has 0 radical (unpaired) electrons. The fourth-order valence-corrected chi connectivity index (χ4v) is 3.95. The van der Waals surface area contributed by atoms with E-state index in [1.807, 2.05) is 13.0 Å². The van der Waals surface area contributed by atoms with Crippen LogP contribution in [0.4, 0.5) is 0 Å². The maximum absolute atomic E-state index is 12.9. The second kappa shape index (κ2) is 13.5. The molecule has 200 valence electrons. The summed E-state index contributed by atoms with van der Waals surface area (Å²) >= 11 is 0. The van der Waals surface area contributed by atoms with Crippen LogP contribution in [-0.4, -0.2) is 66.8 Å². The number of aliphatic hydroxyl groups excluding tert-OH is 1. The van der Waals surface area contributed by atoms with Crippen molar-refractivity contribution in [3.63, 3.8) is 0 Å². The Labute approximate surface area is 215 Å². The van der Waals surface area contributed by atoms with Gasteiger partial charge in [-0.05, 0) is 44.6 Å². The van der Waals surface area contributed by atoms with Crippen molar-refractivity contribution in [3.05, 3.63) is 58.7 Å². The van der Waals surface area contributed by atoms with E-state index >= 15 is 0 Å². The van der Waals surface area contributed by atoms with Gasteiger partial charge in [-0.15, -0.1) is 0 Å². The van der Waals surface area contributed by atoms with E-state index < -0.39 is 54.7 Å². The van der Waals surface area contributed by atoms with Gasteiger partial charge in [0.2, 0.25) is 0 Å². The summed E-state index contributed by atoms with van der Waals surface area (Å²) in [5.41, 5.74) is 1.54. The van der Waals surface area contributed by atoms with Gasteiger partial charge in [-0.3, -0.25) is 9.59 Å². The normalized spacial score (nSPS) is 24.7. The molecule has 1 saturated heterocycles. The fraction of sp³-hybridized carbons (Fsp3) is 0.444. The highest BCUT2D eigenvalue weighted by Gasteiger charge is 2.45. The summed E-state index contributed by atoms with van der Waals surface area (Å²) in [6.45, 7) is 9.10. The average molecular weight is 517 g/mol. The molecule has 1 fully saturated rings. The number of hydrogen-bond acceptors (Lipinski definition) is 10. The van der Waals surface area contributed by atoms with Gasteiger partial charge in [0.25, 0.3) is 0 Å². The molecule has 0 amide bonds. The molecule has 0 bridgehead atoms. The van der Waals surface area contributed by atoms with Crippen LogP contribution in [0.3, 0.4) is 0 Å². The SMILES string of the molecule is C=C1C(=O)OC2C=C(C)C(OC(C)=O)CC=C(C)CC(OC(=O)C(=CCOC(=O)C(C)=CC=O)CO)C12. The van der Waals surface area contributed by atoms with Crippen LogP contribution < -0.4 is 0 Å². The summed E-state index contributed by atoms with van der Waals surface area (Å²) in [5.74, 6) is -3.41. The van der Waals surface area contributed by atoms with Crippen LogP contribution >= 0.6 is 0 Å². The lowest BCUT2D eigenvalue weighted by Gasteiger charge is -2.28. The molecule has 2 rings (SSSR count). The predicted octanol–water partition coefficient (Wildman–Crippen LogP) is 2.22. The van der Waals surface area contributed by atoms with E-state index in [2.05, 4.69) is 6.58 Å². The van der Waals surface area contributed by atoms with E-state index in [9.17, 15) is 29.1 Å². The molecule has 1 heterocycles. The minimum absolute atomic E-state index is 0.0787. The molecule has 1 aliphatic heterocycles. The molecule has 0 aromatic rings. The molecule has 37 heavy (non-hydrogen) atoms. The van der Waals surface area contributed by atoms with E-state index in [0.29, 0.717) is 18.3 Å². The lowest BCUT2D eigenvalue weighted by atomic mass is 9.85. The van der Waals surface area contributed by atoms with Crippen molar-refractivity contribution >= 4 is 30.2 Å². The summed E-state index contributed by atoms with van der Waals surface area (Å²) in [6.07, 6.45) is 4.62. The first kappa shape index (κ1) is 29.4. The zero-order chi connectivity index (χ0) is 27.7. The number of aldehydes is 1. The van der Waals surface area contributed by atoms with Crippen molar-refractivity contribution in [2.45, 2.75) is 58.8 Å². The van der Waals surface area contributed by atoms with Gasteiger partial charge in [-0.1, -0.05) is 18.2 Å². The van der Waals surface area contributed by atoms with Gasteiger partial charge < -0.3 is 24.1 Å². The Balaban J connectivity index is 2.29. The number of esters is 4. The van der Waals surface area contributed by atoms with Crippen molar-refractivity contribution in [2.24, 2.45) is 5.92 Å². The van der Waals surface area contributed by atoms with Crippen molar-refractivity contribution in [2.75, 3.05) is 13.2 Å². The molecule has 0 aromatic heterocycles. The zero-order valence-corrected chi connectivity index (χ0v) is 21.4. The minimum Gasteiger partial charge on any atom is -0.458 e. The standard InChI is InChI=1S/C27H32O10/c1-15-6-7-21(35-19(5)30)17(3)13-23-24(18(4)26(32)36-23)22(12-15)37-27(33)20(14-29)9-11-34-25(31)16(2)8-10-28/h6,8-10,13,21-24,29H,4,7,11-12,14H2,1-3,5H3. The Morgan fingerprint density at radius 3 is 2.51 bits per heavy atom. The predicted molar refractivity (Wildman–Crippen MR) is 131 cm³/mol. The molecule has 1 N–H and O–H groups in total. The first-order chi connectivity index (χ1) is 17.5. The van der Waals surface area contributed by atoms with E-state index in [-0.39, 0.29) is 29.7 Å². The van der Waals surface area contributed by atoms with Gasteiger partial charge >= 0.3 is 23.9 Å². The number of aliphatic hydroxyl groups is 1. The molecule has 4 unspecified atom stereocenters.